The van der Waals surface area contributed by atoms with E-state index >= 15 is 0 Å². The van der Waals surface area contributed by atoms with E-state index in [1.165, 1.54) is 12.1 Å². The van der Waals surface area contributed by atoms with Gasteiger partial charge in [0.1, 0.15) is 5.75 Å². The molecule has 2 aromatic rings. The van der Waals surface area contributed by atoms with Gasteiger partial charge in [-0.05, 0) is 48.4 Å². The van der Waals surface area contributed by atoms with Gasteiger partial charge in [-0.25, -0.2) is 0 Å². The second-order valence-electron chi connectivity index (χ2n) is 7.26. The SMILES string of the molecule is CCOC(=O)[C@@H]1[C@H]2c3ccc(Oc4ccc(C(F)(F)F)cc4OC(F)F)cc3C(O)[C@@H]12. The molecule has 0 spiro atoms. The first-order chi connectivity index (χ1) is 14.6. The first-order valence-electron chi connectivity index (χ1n) is 9.44. The zero-order chi connectivity index (χ0) is 22.5. The molecular weight excluding hydrogens is 427 g/mol. The van der Waals surface area contributed by atoms with Gasteiger partial charge in [0.25, 0.3) is 0 Å². The molecule has 0 bridgehead atoms. The average Bonchev–Trinajstić information content (AvgIpc) is 3.36. The molecule has 2 aliphatic rings. The van der Waals surface area contributed by atoms with Crippen LogP contribution in [0.15, 0.2) is 36.4 Å². The number of carbonyl (C=O) groups excluding carboxylic acids is 1. The molecule has 1 N–H and O–H groups in total. The molecule has 1 fully saturated rings. The van der Waals surface area contributed by atoms with Crippen molar-refractivity contribution in [2.24, 2.45) is 11.8 Å². The maximum atomic E-state index is 12.9. The van der Waals surface area contributed by atoms with Crippen LogP contribution in [0.1, 0.15) is 35.6 Å². The number of benzene rings is 2. The smallest absolute Gasteiger partial charge is 0.416 e. The van der Waals surface area contributed by atoms with Crippen LogP contribution in [-0.4, -0.2) is 24.3 Å². The van der Waals surface area contributed by atoms with Gasteiger partial charge in [0.2, 0.25) is 0 Å². The number of halogens is 5. The van der Waals surface area contributed by atoms with Crippen LogP contribution in [0.5, 0.6) is 17.2 Å². The summed E-state index contributed by atoms with van der Waals surface area (Å²) in [7, 11) is 0. The van der Waals surface area contributed by atoms with Crippen molar-refractivity contribution in [2.75, 3.05) is 6.61 Å². The van der Waals surface area contributed by atoms with Crippen molar-refractivity contribution in [3.8, 4) is 17.2 Å². The Bertz CT molecular complexity index is 1010. The van der Waals surface area contributed by atoms with Crippen LogP contribution in [0, 0.1) is 11.8 Å². The van der Waals surface area contributed by atoms with Crippen LogP contribution in [0.25, 0.3) is 0 Å². The number of ether oxygens (including phenoxy) is 3. The van der Waals surface area contributed by atoms with Gasteiger partial charge in [-0.15, -0.1) is 0 Å². The normalized spacial score (nSPS) is 23.9. The Kier molecular flexibility index (Phi) is 5.28. The third kappa shape index (κ3) is 3.91. The molecular formula is C21H17F5O5. The second kappa shape index (κ2) is 7.67. The largest absolute Gasteiger partial charge is 0.466 e. The Morgan fingerprint density at radius 1 is 1.10 bits per heavy atom. The fraction of sp³-hybridized carbons (Fsp3) is 0.381. The minimum Gasteiger partial charge on any atom is -0.466 e. The van der Waals surface area contributed by atoms with Gasteiger partial charge in [-0.2, -0.15) is 22.0 Å². The number of rotatable bonds is 6. The zero-order valence-corrected chi connectivity index (χ0v) is 16.0. The summed E-state index contributed by atoms with van der Waals surface area (Å²) in [6.07, 6.45) is -5.69. The summed E-state index contributed by atoms with van der Waals surface area (Å²) >= 11 is 0. The number of hydrogen-bond donors (Lipinski definition) is 1. The Labute approximate surface area is 173 Å². The summed E-state index contributed by atoms with van der Waals surface area (Å²) in [5, 5.41) is 10.6. The number of alkyl halides is 5. The van der Waals surface area contributed by atoms with Crippen molar-refractivity contribution in [1.82, 2.24) is 0 Å². The van der Waals surface area contributed by atoms with E-state index in [0.717, 1.165) is 11.6 Å². The van der Waals surface area contributed by atoms with Crippen LogP contribution in [-0.2, 0) is 15.7 Å². The standard InChI is InChI=1S/C21H17F5O5/c1-2-29-19(28)17-15-11-5-4-10(8-12(11)18(27)16(15)17)30-13-6-3-9(21(24,25)26)7-14(13)31-20(22)23/h3-8,15-18,20,27H,2H2,1H3/t15-,16+,17+,18?/m0/s1. The lowest BCUT2D eigenvalue weighted by atomic mass is 10.00. The number of aliphatic hydroxyl groups excluding tert-OH is 1. The highest BCUT2D eigenvalue weighted by molar-refractivity contribution is 5.80. The predicted molar refractivity (Wildman–Crippen MR) is 95.9 cm³/mol. The van der Waals surface area contributed by atoms with Crippen molar-refractivity contribution < 1.29 is 46.1 Å². The Morgan fingerprint density at radius 3 is 2.48 bits per heavy atom. The minimum atomic E-state index is -4.74. The Morgan fingerprint density at radius 2 is 1.84 bits per heavy atom. The molecule has 2 aromatic carbocycles. The van der Waals surface area contributed by atoms with Crippen LogP contribution in [0.2, 0.25) is 0 Å². The molecule has 166 valence electrons. The maximum absolute atomic E-state index is 12.9. The molecule has 0 heterocycles. The van der Waals surface area contributed by atoms with Gasteiger partial charge < -0.3 is 19.3 Å². The number of fused-ring (bicyclic) bond motifs is 3. The van der Waals surface area contributed by atoms with E-state index in [1.807, 2.05) is 0 Å². The summed E-state index contributed by atoms with van der Waals surface area (Å²) in [6.45, 7) is -1.42. The van der Waals surface area contributed by atoms with Gasteiger partial charge in [-0.3, -0.25) is 4.79 Å². The third-order valence-electron chi connectivity index (χ3n) is 5.45. The van der Waals surface area contributed by atoms with Gasteiger partial charge in [0.15, 0.2) is 11.5 Å². The first-order valence-corrected chi connectivity index (χ1v) is 9.44. The van der Waals surface area contributed by atoms with Crippen molar-refractivity contribution in [1.29, 1.82) is 0 Å². The molecule has 0 aliphatic heterocycles. The molecule has 10 heteroatoms. The summed E-state index contributed by atoms with van der Waals surface area (Å²) in [6, 6.07) is 6.60. The summed E-state index contributed by atoms with van der Waals surface area (Å²) in [5.74, 6) is -2.27. The lowest BCUT2D eigenvalue weighted by Gasteiger charge is -2.17. The molecule has 0 aromatic heterocycles. The number of aliphatic hydroxyl groups is 1. The number of esters is 1. The molecule has 5 nitrogen and oxygen atoms in total. The van der Waals surface area contributed by atoms with Crippen LogP contribution < -0.4 is 9.47 Å². The Hall–Kier alpha value is -2.88. The minimum absolute atomic E-state index is 0.116. The average molecular weight is 444 g/mol. The van der Waals surface area contributed by atoms with E-state index in [0.29, 0.717) is 17.7 Å². The van der Waals surface area contributed by atoms with Crippen molar-refractivity contribution in [3.63, 3.8) is 0 Å². The van der Waals surface area contributed by atoms with Gasteiger partial charge in [0.05, 0.1) is 24.2 Å². The lowest BCUT2D eigenvalue weighted by Crippen LogP contribution is -2.13. The quantitative estimate of drug-likeness (QED) is 0.500. The molecule has 31 heavy (non-hydrogen) atoms. The third-order valence-corrected chi connectivity index (χ3v) is 5.45. The maximum Gasteiger partial charge on any atom is 0.416 e. The molecule has 0 amide bonds. The van der Waals surface area contributed by atoms with E-state index in [1.54, 1.807) is 13.0 Å². The molecule has 1 saturated carbocycles. The van der Waals surface area contributed by atoms with E-state index in [9.17, 15) is 31.9 Å². The summed E-state index contributed by atoms with van der Waals surface area (Å²) in [5.41, 5.74) is 0.0978. The predicted octanol–water partition coefficient (Wildman–Crippen LogP) is 5.04. The summed E-state index contributed by atoms with van der Waals surface area (Å²) in [4.78, 5) is 12.0. The van der Waals surface area contributed by atoms with Gasteiger partial charge in [0, 0.05) is 11.8 Å². The van der Waals surface area contributed by atoms with Crippen molar-refractivity contribution in [2.45, 2.75) is 31.7 Å². The fourth-order valence-electron chi connectivity index (χ4n) is 4.14. The van der Waals surface area contributed by atoms with Gasteiger partial charge >= 0.3 is 18.8 Å². The number of hydrogen-bond acceptors (Lipinski definition) is 5. The zero-order valence-electron chi connectivity index (χ0n) is 16.0. The van der Waals surface area contributed by atoms with E-state index in [4.69, 9.17) is 9.47 Å². The van der Waals surface area contributed by atoms with Gasteiger partial charge in [-0.1, -0.05) is 6.07 Å². The van der Waals surface area contributed by atoms with E-state index in [2.05, 4.69) is 4.74 Å². The fourth-order valence-corrected chi connectivity index (χ4v) is 4.14. The first kappa shape index (κ1) is 21.4. The Balaban J connectivity index is 1.58. The van der Waals surface area contributed by atoms with Crippen LogP contribution in [0.4, 0.5) is 22.0 Å². The van der Waals surface area contributed by atoms with Crippen molar-refractivity contribution >= 4 is 5.97 Å². The molecule has 2 aliphatic carbocycles. The summed E-state index contributed by atoms with van der Waals surface area (Å²) < 4.78 is 78.7. The van der Waals surface area contributed by atoms with E-state index in [-0.39, 0.29) is 35.9 Å². The topological polar surface area (TPSA) is 65.0 Å². The van der Waals surface area contributed by atoms with E-state index < -0.39 is 36.1 Å². The molecule has 4 atom stereocenters. The molecule has 0 saturated heterocycles. The lowest BCUT2D eigenvalue weighted by molar-refractivity contribution is -0.145. The molecule has 4 rings (SSSR count). The van der Waals surface area contributed by atoms with Crippen molar-refractivity contribution in [3.05, 3.63) is 53.1 Å². The highest BCUT2D eigenvalue weighted by Crippen LogP contribution is 2.66. The molecule has 0 radical (unpaired) electrons. The second-order valence-corrected chi connectivity index (χ2v) is 7.26. The molecule has 1 unspecified atom stereocenters. The van der Waals surface area contributed by atoms with Crippen LogP contribution >= 0.6 is 0 Å². The number of carbonyl (C=O) groups is 1. The highest BCUT2D eigenvalue weighted by Gasteiger charge is 2.64. The monoisotopic (exact) mass is 444 g/mol. The van der Waals surface area contributed by atoms with Crippen LogP contribution in [0.3, 0.4) is 0 Å². The highest BCUT2D eigenvalue weighted by atomic mass is 19.4.